The van der Waals surface area contributed by atoms with Crippen LogP contribution in [0.5, 0.6) is 23.0 Å². The second kappa shape index (κ2) is 28.2. The van der Waals surface area contributed by atoms with Crippen LogP contribution in [0.3, 0.4) is 0 Å². The predicted molar refractivity (Wildman–Crippen MR) is 304 cm³/mol. The number of aliphatic carboxylic acids is 1. The first kappa shape index (κ1) is 59.0. The van der Waals surface area contributed by atoms with Crippen LogP contribution >= 0.6 is 21.6 Å². The second-order valence-corrected chi connectivity index (χ2v) is 20.6. The maximum atomic E-state index is 14.2. The van der Waals surface area contributed by atoms with Crippen molar-refractivity contribution in [3.05, 3.63) is 137 Å². The number of hydrogen-bond donors (Lipinski definition) is 5. The molecular formula is C57H69N7O11S2. The highest BCUT2D eigenvalue weighted by molar-refractivity contribution is 8.76. The highest BCUT2D eigenvalue weighted by atomic mass is 33.1. The molecule has 4 amide bonds. The van der Waals surface area contributed by atoms with Crippen LogP contribution in [0.2, 0.25) is 0 Å². The van der Waals surface area contributed by atoms with Crippen molar-refractivity contribution in [1.82, 2.24) is 20.6 Å². The summed E-state index contributed by atoms with van der Waals surface area (Å²) in [6.45, 7) is 17.7. The highest BCUT2D eigenvalue weighted by Crippen LogP contribution is 2.44. The van der Waals surface area contributed by atoms with E-state index < -0.39 is 17.9 Å². The number of carbonyl (C=O) groups excluding carboxylic acids is 4. The van der Waals surface area contributed by atoms with Gasteiger partial charge in [0.1, 0.15) is 25.9 Å². The molecule has 0 saturated carbocycles. The number of ether oxygens (including phenoxy) is 4. The Bertz CT molecular complexity index is 2880. The van der Waals surface area contributed by atoms with Gasteiger partial charge in [0.2, 0.25) is 11.8 Å². The summed E-state index contributed by atoms with van der Waals surface area (Å²) in [6.07, 6.45) is 14.8. The van der Waals surface area contributed by atoms with Crippen LogP contribution in [0.15, 0.2) is 120 Å². The van der Waals surface area contributed by atoms with Gasteiger partial charge in [-0.15, -0.1) is 0 Å². The third kappa shape index (κ3) is 14.4. The molecule has 0 bridgehead atoms. The lowest BCUT2D eigenvalue weighted by atomic mass is 10.1. The molecule has 2 saturated heterocycles. The van der Waals surface area contributed by atoms with Gasteiger partial charge in [-0.05, 0) is 79.3 Å². The van der Waals surface area contributed by atoms with Crippen molar-refractivity contribution in [3.8, 4) is 23.0 Å². The van der Waals surface area contributed by atoms with E-state index in [1.54, 1.807) is 59.7 Å². The van der Waals surface area contributed by atoms with Gasteiger partial charge < -0.3 is 44.9 Å². The number of hydroxylamine groups is 1. The van der Waals surface area contributed by atoms with Gasteiger partial charge in [0.25, 0.3) is 11.8 Å². The third-order valence-electron chi connectivity index (χ3n) is 12.7. The molecule has 2 fully saturated rings. The molecule has 3 aromatic carbocycles. The van der Waals surface area contributed by atoms with Gasteiger partial charge >= 0.3 is 5.97 Å². The molecule has 4 aliphatic rings. The van der Waals surface area contributed by atoms with E-state index >= 15 is 0 Å². The van der Waals surface area contributed by atoms with E-state index in [0.29, 0.717) is 88.1 Å². The van der Waals surface area contributed by atoms with E-state index in [1.165, 1.54) is 42.9 Å². The molecule has 4 atom stereocenters. The van der Waals surface area contributed by atoms with Crippen molar-refractivity contribution in [2.45, 2.75) is 96.9 Å². The van der Waals surface area contributed by atoms with Crippen molar-refractivity contribution >= 4 is 74.5 Å². The molecule has 18 nitrogen and oxygen atoms in total. The third-order valence-corrected chi connectivity index (χ3v) is 15.7. The average Bonchev–Trinajstić information content (AvgIpc) is 3.89. The van der Waals surface area contributed by atoms with Crippen LogP contribution in [0.1, 0.15) is 92.1 Å². The monoisotopic (exact) mass is 1090 g/mol. The standard InChI is InChI=1S/C55H63N7O11S2.C2H6/c1-9-13-35-20-38-26-57-42-24-49(47(69-7)22-40(42)53(65)61(38)45(35)11-3)71-28-33-17-34(19-37(18-33)59-51(63)16-15-32(5)75-74-31-44(55(67)68)60-52(64)30-73-56-6)29-72-50-25-43-41(23-48(50)70-8)54(66)62-39(27-58-43)21-36(14-10-2)46(62)12-4;1-2/h9-14,17-19,22-26,32,38-39,44,56,58H,1-2,15-16,20-21,27-31H2,3-8H3,(H,59,63)(H,60,64)(H,67,68);1-2H3/b35-13-,36-14-,45-11+,46-12+;/t32?,38-,39?,44?;/m0./s1. The van der Waals surface area contributed by atoms with Crippen LogP contribution in [0.25, 0.3) is 0 Å². The normalized spacial score (nSPS) is 19.1. The number of nitrogens with one attached hydrogen (secondary N) is 4. The first-order chi connectivity index (χ1) is 37.2. The molecule has 410 valence electrons. The van der Waals surface area contributed by atoms with Gasteiger partial charge in [-0.3, -0.25) is 33.9 Å². The molecule has 7 rings (SSSR count). The number of allylic oxidation sites excluding steroid dienone is 8. The topological polar surface area (TPSA) is 219 Å². The Balaban J connectivity index is 0.00000475. The summed E-state index contributed by atoms with van der Waals surface area (Å²) < 4.78 is 24.5. The SMILES string of the molecule is C=C/C=C1/CC2CNc3cc(OCc4cc(COc5cc6c(cc5OC)C(=O)N5C(=C/C)/C(=C\C=C)C[C@H]5C=N6)cc(NC(=O)CCC(C)SSCC(NC(=O)CONC)C(=O)O)c4)c(OC)cc3C(=O)N2/C1=C/C.CC. The van der Waals surface area contributed by atoms with Crippen LogP contribution in [-0.2, 0) is 32.4 Å². The van der Waals surface area contributed by atoms with E-state index in [1.807, 2.05) is 69.9 Å². The Hall–Kier alpha value is -7.26. The zero-order valence-corrected chi connectivity index (χ0v) is 46.5. The lowest BCUT2D eigenvalue weighted by molar-refractivity contribution is -0.142. The minimum absolute atomic E-state index is 0.0195. The van der Waals surface area contributed by atoms with Crippen molar-refractivity contribution in [2.75, 3.05) is 50.8 Å². The van der Waals surface area contributed by atoms with Gasteiger partial charge in [0, 0.05) is 72.9 Å². The summed E-state index contributed by atoms with van der Waals surface area (Å²) >= 11 is 0. The maximum absolute atomic E-state index is 14.2. The van der Waals surface area contributed by atoms with Gasteiger partial charge in [-0.2, -0.15) is 0 Å². The zero-order chi connectivity index (χ0) is 55.8. The minimum atomic E-state index is -1.17. The van der Waals surface area contributed by atoms with E-state index in [4.69, 9.17) is 28.8 Å². The molecule has 0 aliphatic carbocycles. The predicted octanol–water partition coefficient (Wildman–Crippen LogP) is 9.70. The van der Waals surface area contributed by atoms with Gasteiger partial charge in [0.05, 0.1) is 48.8 Å². The maximum Gasteiger partial charge on any atom is 0.327 e. The van der Waals surface area contributed by atoms with Crippen molar-refractivity contribution < 1.29 is 52.9 Å². The number of rotatable bonds is 23. The number of methoxy groups -OCH3 is 2. The first-order valence-corrected chi connectivity index (χ1v) is 27.8. The van der Waals surface area contributed by atoms with Gasteiger partial charge in [-0.1, -0.05) is 92.0 Å². The van der Waals surface area contributed by atoms with Crippen LogP contribution in [-0.4, -0.2) is 114 Å². The molecule has 4 aliphatic heterocycles. The quantitative estimate of drug-likeness (QED) is 0.0441. The van der Waals surface area contributed by atoms with Crippen LogP contribution < -0.4 is 40.4 Å². The van der Waals surface area contributed by atoms with E-state index in [2.05, 4.69) is 34.6 Å². The lowest BCUT2D eigenvalue weighted by Gasteiger charge is -2.23. The number of carbonyl (C=O) groups is 5. The summed E-state index contributed by atoms with van der Waals surface area (Å²) in [7, 11) is 7.22. The molecule has 77 heavy (non-hydrogen) atoms. The number of anilines is 2. The van der Waals surface area contributed by atoms with E-state index in [0.717, 1.165) is 22.5 Å². The lowest BCUT2D eigenvalue weighted by Crippen LogP contribution is -2.44. The summed E-state index contributed by atoms with van der Waals surface area (Å²) in [5.41, 5.74) is 9.75. The minimum Gasteiger partial charge on any atom is -0.493 e. The molecule has 0 aromatic heterocycles. The molecule has 0 radical (unpaired) electrons. The van der Waals surface area contributed by atoms with Gasteiger partial charge in [0.15, 0.2) is 23.0 Å². The highest BCUT2D eigenvalue weighted by Gasteiger charge is 2.40. The number of carboxylic acids is 1. The number of carboxylic acid groups (broad SMARTS) is 1. The van der Waals surface area contributed by atoms with Crippen molar-refractivity contribution in [2.24, 2.45) is 4.99 Å². The number of benzene rings is 3. The van der Waals surface area contributed by atoms with E-state index in [9.17, 15) is 29.1 Å². The number of aliphatic imine (C=N–C) groups is 1. The Morgan fingerprint density at radius 3 is 2.06 bits per heavy atom. The fraction of sp³-hybridized carbons (Fsp3) is 0.368. The zero-order valence-electron chi connectivity index (χ0n) is 44.9. The first-order valence-electron chi connectivity index (χ1n) is 25.4. The summed E-state index contributed by atoms with van der Waals surface area (Å²) in [6, 6.07) is 10.8. The number of nitrogens with zero attached hydrogens (tertiary/aromatic N) is 3. The Morgan fingerprint density at radius 2 is 1.45 bits per heavy atom. The fourth-order valence-electron chi connectivity index (χ4n) is 9.22. The molecule has 0 spiro atoms. The number of hydrogen-bond acceptors (Lipinski definition) is 15. The molecule has 4 heterocycles. The Morgan fingerprint density at radius 1 is 0.844 bits per heavy atom. The van der Waals surface area contributed by atoms with Crippen molar-refractivity contribution in [1.29, 1.82) is 0 Å². The molecule has 5 N–H and O–H groups in total. The summed E-state index contributed by atoms with van der Waals surface area (Å²) in [5, 5.41) is 18.5. The Kier molecular flexibility index (Phi) is 21.6. The summed E-state index contributed by atoms with van der Waals surface area (Å²) in [4.78, 5) is 78.9. The Labute approximate surface area is 458 Å². The average molecular weight is 1090 g/mol. The largest absolute Gasteiger partial charge is 0.493 e. The van der Waals surface area contributed by atoms with Gasteiger partial charge in [-0.25, -0.2) is 10.3 Å². The van der Waals surface area contributed by atoms with Crippen LogP contribution in [0.4, 0.5) is 17.1 Å². The van der Waals surface area contributed by atoms with Crippen LogP contribution in [0, 0.1) is 0 Å². The number of fused-ring (bicyclic) bond motifs is 4. The summed E-state index contributed by atoms with van der Waals surface area (Å²) in [5.74, 6) is -0.812. The molecule has 20 heteroatoms. The fourth-order valence-corrected chi connectivity index (χ4v) is 11.7. The molecule has 3 unspecified atom stereocenters. The van der Waals surface area contributed by atoms with E-state index in [-0.39, 0.29) is 67.0 Å². The molecule has 3 aromatic rings. The smallest absolute Gasteiger partial charge is 0.327 e. The number of amides is 4. The van der Waals surface area contributed by atoms with Crippen molar-refractivity contribution in [3.63, 3.8) is 0 Å². The second-order valence-electron chi connectivity index (χ2n) is 17.8. The molecular weight excluding hydrogens is 1020 g/mol.